The number of halogens is 1. The van der Waals surface area contributed by atoms with Gasteiger partial charge in [-0.05, 0) is 41.1 Å². The lowest BCUT2D eigenvalue weighted by Crippen LogP contribution is -2.28. The highest BCUT2D eigenvalue weighted by Gasteiger charge is 2.05. The predicted molar refractivity (Wildman–Crippen MR) is 93.2 cm³/mol. The summed E-state index contributed by atoms with van der Waals surface area (Å²) in [6.45, 7) is 0.836. The van der Waals surface area contributed by atoms with Crippen LogP contribution in [0.4, 0.5) is 0 Å². The topological polar surface area (TPSA) is 38.3 Å². The van der Waals surface area contributed by atoms with Crippen LogP contribution in [0, 0.1) is 0 Å². The lowest BCUT2D eigenvalue weighted by molar-refractivity contribution is 0.0947. The van der Waals surface area contributed by atoms with Gasteiger partial charge in [-0.1, -0.05) is 48.0 Å². The zero-order valence-electron chi connectivity index (χ0n) is 12.5. The average Bonchev–Trinajstić information content (AvgIpc) is 2.58. The van der Waals surface area contributed by atoms with E-state index in [1.807, 2.05) is 36.4 Å². The molecule has 3 aromatic rings. The van der Waals surface area contributed by atoms with Gasteiger partial charge in [-0.3, -0.25) is 4.79 Å². The summed E-state index contributed by atoms with van der Waals surface area (Å²) in [7, 11) is 0. The van der Waals surface area contributed by atoms with Crippen LogP contribution in [0.3, 0.4) is 0 Å². The van der Waals surface area contributed by atoms with Gasteiger partial charge in [-0.25, -0.2) is 0 Å². The smallest absolute Gasteiger partial charge is 0.251 e. The van der Waals surface area contributed by atoms with E-state index in [-0.39, 0.29) is 5.91 Å². The third kappa shape index (κ3) is 4.02. The monoisotopic (exact) mass is 325 g/mol. The Morgan fingerprint density at radius 1 is 0.957 bits per heavy atom. The maximum Gasteiger partial charge on any atom is 0.251 e. The summed E-state index contributed by atoms with van der Waals surface area (Å²) < 4.78 is 5.68. The highest BCUT2D eigenvalue weighted by molar-refractivity contribution is 6.30. The van der Waals surface area contributed by atoms with Crippen molar-refractivity contribution in [3.63, 3.8) is 0 Å². The molecule has 0 fully saturated rings. The van der Waals surface area contributed by atoms with E-state index in [0.717, 1.165) is 11.1 Å². The fourth-order valence-electron chi connectivity index (χ4n) is 2.32. The van der Waals surface area contributed by atoms with Gasteiger partial charge >= 0.3 is 0 Å². The van der Waals surface area contributed by atoms with Crippen molar-refractivity contribution in [2.24, 2.45) is 0 Å². The molecule has 0 heterocycles. The normalized spacial score (nSPS) is 10.5. The molecule has 0 aromatic heterocycles. The van der Waals surface area contributed by atoms with Crippen LogP contribution >= 0.6 is 11.6 Å². The fourth-order valence-corrected chi connectivity index (χ4v) is 2.51. The summed E-state index contributed by atoms with van der Waals surface area (Å²) in [5.41, 5.74) is 0.545. The number of fused-ring (bicyclic) bond motifs is 1. The molecule has 0 aliphatic heterocycles. The van der Waals surface area contributed by atoms with Crippen LogP contribution in [0.5, 0.6) is 5.75 Å². The molecule has 0 saturated carbocycles. The van der Waals surface area contributed by atoms with E-state index >= 15 is 0 Å². The van der Waals surface area contributed by atoms with Crippen LogP contribution in [-0.2, 0) is 0 Å². The van der Waals surface area contributed by atoms with Crippen LogP contribution < -0.4 is 10.1 Å². The summed E-state index contributed by atoms with van der Waals surface area (Å²) in [6, 6.07) is 20.9. The standard InChI is InChI=1S/C19H16ClNO2/c20-17-7-3-6-16(12-17)19(22)21-10-11-23-18-9-8-14-4-1-2-5-15(14)13-18/h1-9,12-13H,10-11H2,(H,21,22). The van der Waals surface area contributed by atoms with Gasteiger partial charge in [0.1, 0.15) is 12.4 Å². The van der Waals surface area contributed by atoms with Crippen LogP contribution in [0.1, 0.15) is 10.4 Å². The van der Waals surface area contributed by atoms with Crippen molar-refractivity contribution >= 4 is 28.3 Å². The van der Waals surface area contributed by atoms with E-state index in [1.165, 1.54) is 5.39 Å². The van der Waals surface area contributed by atoms with Gasteiger partial charge in [0.15, 0.2) is 0 Å². The Labute approximate surface area is 139 Å². The molecule has 0 saturated heterocycles. The van der Waals surface area contributed by atoms with Gasteiger partial charge in [-0.15, -0.1) is 0 Å². The zero-order valence-corrected chi connectivity index (χ0v) is 13.2. The Morgan fingerprint density at radius 2 is 1.78 bits per heavy atom. The molecule has 23 heavy (non-hydrogen) atoms. The van der Waals surface area contributed by atoms with Crippen LogP contribution in [-0.4, -0.2) is 19.1 Å². The second-order valence-corrected chi connectivity index (χ2v) is 5.56. The Bertz CT molecular complexity index is 832. The average molecular weight is 326 g/mol. The number of carbonyl (C=O) groups excluding carboxylic acids is 1. The number of benzene rings is 3. The summed E-state index contributed by atoms with van der Waals surface area (Å²) in [6.07, 6.45) is 0. The minimum absolute atomic E-state index is 0.158. The molecule has 0 unspecified atom stereocenters. The van der Waals surface area contributed by atoms with Gasteiger partial charge in [0, 0.05) is 10.6 Å². The number of amides is 1. The van der Waals surface area contributed by atoms with Crippen molar-refractivity contribution in [2.45, 2.75) is 0 Å². The Morgan fingerprint density at radius 3 is 2.61 bits per heavy atom. The molecule has 1 amide bonds. The van der Waals surface area contributed by atoms with E-state index < -0.39 is 0 Å². The molecule has 3 rings (SSSR count). The molecule has 116 valence electrons. The van der Waals surface area contributed by atoms with E-state index in [0.29, 0.717) is 23.7 Å². The van der Waals surface area contributed by atoms with Crippen molar-refractivity contribution in [3.8, 4) is 5.75 Å². The first-order valence-electron chi connectivity index (χ1n) is 7.38. The summed E-state index contributed by atoms with van der Waals surface area (Å²) in [5, 5.41) is 5.66. The number of carbonyl (C=O) groups is 1. The second-order valence-electron chi connectivity index (χ2n) is 5.12. The zero-order chi connectivity index (χ0) is 16.1. The molecular formula is C19H16ClNO2. The lowest BCUT2D eigenvalue weighted by Gasteiger charge is -2.09. The quantitative estimate of drug-likeness (QED) is 0.710. The van der Waals surface area contributed by atoms with Crippen molar-refractivity contribution in [1.29, 1.82) is 0 Å². The number of hydrogen-bond acceptors (Lipinski definition) is 2. The summed E-state index contributed by atoms with van der Waals surface area (Å²) >= 11 is 5.87. The highest BCUT2D eigenvalue weighted by atomic mass is 35.5. The van der Waals surface area contributed by atoms with Crippen molar-refractivity contribution in [2.75, 3.05) is 13.2 Å². The third-order valence-electron chi connectivity index (χ3n) is 3.46. The Hall–Kier alpha value is -2.52. The van der Waals surface area contributed by atoms with Gasteiger partial charge < -0.3 is 10.1 Å². The van der Waals surface area contributed by atoms with Gasteiger partial charge in [-0.2, -0.15) is 0 Å². The number of rotatable bonds is 5. The number of ether oxygens (including phenoxy) is 1. The summed E-state index contributed by atoms with van der Waals surface area (Å²) in [4.78, 5) is 12.0. The lowest BCUT2D eigenvalue weighted by atomic mass is 10.1. The molecule has 1 N–H and O–H groups in total. The van der Waals surface area contributed by atoms with Gasteiger partial charge in [0.05, 0.1) is 6.54 Å². The second kappa shape index (κ2) is 7.16. The first kappa shape index (κ1) is 15.4. The summed E-state index contributed by atoms with van der Waals surface area (Å²) in [5.74, 6) is 0.635. The van der Waals surface area contributed by atoms with E-state index in [1.54, 1.807) is 24.3 Å². The SMILES string of the molecule is O=C(NCCOc1ccc2ccccc2c1)c1cccc(Cl)c1. The minimum atomic E-state index is -0.158. The first-order chi connectivity index (χ1) is 11.2. The molecule has 3 aromatic carbocycles. The molecule has 0 radical (unpaired) electrons. The molecular weight excluding hydrogens is 310 g/mol. The molecule has 0 spiro atoms. The van der Waals surface area contributed by atoms with Crippen LogP contribution in [0.2, 0.25) is 5.02 Å². The fraction of sp³-hybridized carbons (Fsp3) is 0.105. The van der Waals surface area contributed by atoms with E-state index in [9.17, 15) is 4.79 Å². The molecule has 0 atom stereocenters. The highest BCUT2D eigenvalue weighted by Crippen LogP contribution is 2.20. The van der Waals surface area contributed by atoms with E-state index in [2.05, 4.69) is 11.4 Å². The predicted octanol–water partition coefficient (Wildman–Crippen LogP) is 4.30. The number of nitrogens with one attached hydrogen (secondary N) is 1. The molecule has 0 aliphatic carbocycles. The minimum Gasteiger partial charge on any atom is -0.492 e. The molecule has 3 nitrogen and oxygen atoms in total. The molecule has 4 heteroatoms. The van der Waals surface area contributed by atoms with Crippen molar-refractivity contribution in [3.05, 3.63) is 77.3 Å². The van der Waals surface area contributed by atoms with Crippen molar-refractivity contribution in [1.82, 2.24) is 5.32 Å². The maximum atomic E-state index is 12.0. The van der Waals surface area contributed by atoms with Crippen molar-refractivity contribution < 1.29 is 9.53 Å². The number of hydrogen-bond donors (Lipinski definition) is 1. The Kier molecular flexibility index (Phi) is 4.79. The third-order valence-corrected chi connectivity index (χ3v) is 3.70. The van der Waals surface area contributed by atoms with Gasteiger partial charge in [0.2, 0.25) is 0 Å². The molecule has 0 aliphatic rings. The van der Waals surface area contributed by atoms with Crippen LogP contribution in [0.15, 0.2) is 66.7 Å². The Balaban J connectivity index is 1.51. The van der Waals surface area contributed by atoms with Crippen LogP contribution in [0.25, 0.3) is 10.8 Å². The van der Waals surface area contributed by atoms with E-state index in [4.69, 9.17) is 16.3 Å². The van der Waals surface area contributed by atoms with Gasteiger partial charge in [0.25, 0.3) is 5.91 Å². The largest absolute Gasteiger partial charge is 0.492 e. The first-order valence-corrected chi connectivity index (χ1v) is 7.75. The maximum absolute atomic E-state index is 12.0. The molecule has 0 bridgehead atoms.